The lowest BCUT2D eigenvalue weighted by Crippen LogP contribution is -2.34. The fraction of sp³-hybridized carbons (Fsp3) is 0.125. The Hall–Kier alpha value is -2.82. The summed E-state index contributed by atoms with van der Waals surface area (Å²) in [6.07, 6.45) is 0.0850. The van der Waals surface area contributed by atoms with E-state index in [4.69, 9.17) is 5.73 Å². The Balaban J connectivity index is 2.07. The number of carbonyl (C=O) groups is 2. The minimum Gasteiger partial charge on any atom is -0.479 e. The van der Waals surface area contributed by atoms with E-state index >= 15 is 0 Å². The maximum atomic E-state index is 12.0. The molecule has 1 amide bonds. The average Bonchev–Trinajstić information content (AvgIpc) is 2.45. The minimum absolute atomic E-state index is 0.0850. The van der Waals surface area contributed by atoms with Gasteiger partial charge in [0.15, 0.2) is 6.04 Å². The van der Waals surface area contributed by atoms with Crippen molar-refractivity contribution in [2.45, 2.75) is 12.5 Å². The molecule has 2 rings (SSSR count). The van der Waals surface area contributed by atoms with Crippen LogP contribution in [0.2, 0.25) is 0 Å². The molecule has 0 aliphatic rings. The van der Waals surface area contributed by atoms with Gasteiger partial charge in [0.1, 0.15) is 0 Å². The summed E-state index contributed by atoms with van der Waals surface area (Å²) < 4.78 is 0. The smallest absolute Gasteiger partial charge is 0.330 e. The summed E-state index contributed by atoms with van der Waals surface area (Å²) in [4.78, 5) is 23.3. The van der Waals surface area contributed by atoms with Crippen LogP contribution in [0.15, 0.2) is 54.6 Å². The predicted octanol–water partition coefficient (Wildman–Crippen LogP) is 1.75. The van der Waals surface area contributed by atoms with Gasteiger partial charge < -0.3 is 16.2 Å². The second-order valence-corrected chi connectivity index (χ2v) is 4.67. The third-order valence-corrected chi connectivity index (χ3v) is 3.00. The Morgan fingerprint density at radius 1 is 1.10 bits per heavy atom. The van der Waals surface area contributed by atoms with Crippen LogP contribution in [0.3, 0.4) is 0 Å². The number of nitrogens with one attached hydrogen (secondary N) is 1. The van der Waals surface area contributed by atoms with Crippen LogP contribution in [0, 0.1) is 0 Å². The van der Waals surface area contributed by atoms with Crippen LogP contribution in [0.5, 0.6) is 0 Å². The van der Waals surface area contributed by atoms with E-state index in [0.29, 0.717) is 11.3 Å². The van der Waals surface area contributed by atoms with Crippen LogP contribution in [-0.2, 0) is 16.0 Å². The maximum absolute atomic E-state index is 12.0. The molecule has 0 aromatic heterocycles. The number of aliphatic carboxylic acids is 1. The van der Waals surface area contributed by atoms with Crippen molar-refractivity contribution in [2.24, 2.45) is 0 Å². The second-order valence-electron chi connectivity index (χ2n) is 4.67. The first-order chi connectivity index (χ1) is 10.1. The largest absolute Gasteiger partial charge is 0.479 e. The Kier molecular flexibility index (Phi) is 4.56. The Morgan fingerprint density at radius 2 is 1.81 bits per heavy atom. The Morgan fingerprint density at radius 3 is 2.43 bits per heavy atom. The van der Waals surface area contributed by atoms with E-state index in [2.05, 4.69) is 5.32 Å². The number of benzene rings is 2. The lowest BCUT2D eigenvalue weighted by molar-refractivity contribution is -0.141. The third-order valence-electron chi connectivity index (χ3n) is 3.00. The lowest BCUT2D eigenvalue weighted by Gasteiger charge is -2.15. The quantitative estimate of drug-likeness (QED) is 0.729. The molecule has 5 heteroatoms. The highest BCUT2D eigenvalue weighted by molar-refractivity contribution is 5.85. The van der Waals surface area contributed by atoms with Crippen LogP contribution in [0.4, 0.5) is 5.69 Å². The number of hydrogen-bond donors (Lipinski definition) is 3. The molecule has 0 aliphatic heterocycles. The maximum Gasteiger partial charge on any atom is 0.330 e. The number of nitrogen functional groups attached to an aromatic ring is 1. The zero-order chi connectivity index (χ0) is 15.2. The molecule has 2 aromatic carbocycles. The number of rotatable bonds is 5. The molecule has 4 N–H and O–H groups in total. The van der Waals surface area contributed by atoms with Gasteiger partial charge in [0.2, 0.25) is 5.91 Å². The molecule has 0 radical (unpaired) electrons. The first-order valence-electron chi connectivity index (χ1n) is 6.48. The van der Waals surface area contributed by atoms with Gasteiger partial charge in [-0.1, -0.05) is 42.5 Å². The number of anilines is 1. The first kappa shape index (κ1) is 14.6. The van der Waals surface area contributed by atoms with Crippen molar-refractivity contribution in [2.75, 3.05) is 5.73 Å². The number of nitrogens with two attached hydrogens (primary N) is 1. The van der Waals surface area contributed by atoms with Crippen LogP contribution < -0.4 is 11.1 Å². The molecule has 2 aromatic rings. The number of amides is 1. The molecule has 0 bridgehead atoms. The number of hydrogen-bond acceptors (Lipinski definition) is 3. The minimum atomic E-state index is -1.10. The summed E-state index contributed by atoms with van der Waals surface area (Å²) in [6, 6.07) is 14.5. The van der Waals surface area contributed by atoms with Crippen molar-refractivity contribution in [1.29, 1.82) is 0 Å². The van der Waals surface area contributed by atoms with Gasteiger partial charge >= 0.3 is 5.97 Å². The van der Waals surface area contributed by atoms with Gasteiger partial charge in [-0.15, -0.1) is 0 Å². The molecule has 108 valence electrons. The summed E-state index contributed by atoms with van der Waals surface area (Å²) >= 11 is 0. The van der Waals surface area contributed by atoms with Gasteiger partial charge in [0.25, 0.3) is 0 Å². The highest BCUT2D eigenvalue weighted by atomic mass is 16.4. The fourth-order valence-electron chi connectivity index (χ4n) is 2.03. The number of carboxylic acids is 1. The Labute approximate surface area is 122 Å². The van der Waals surface area contributed by atoms with Gasteiger partial charge in [-0.3, -0.25) is 4.79 Å². The summed E-state index contributed by atoms with van der Waals surface area (Å²) in [6.45, 7) is 0. The molecular weight excluding hydrogens is 268 g/mol. The van der Waals surface area contributed by atoms with Crippen LogP contribution >= 0.6 is 0 Å². The zero-order valence-corrected chi connectivity index (χ0v) is 11.3. The summed E-state index contributed by atoms with van der Waals surface area (Å²) in [5, 5.41) is 11.8. The monoisotopic (exact) mass is 284 g/mol. The van der Waals surface area contributed by atoms with E-state index in [1.165, 1.54) is 0 Å². The van der Waals surface area contributed by atoms with E-state index in [0.717, 1.165) is 5.56 Å². The topological polar surface area (TPSA) is 92.4 Å². The average molecular weight is 284 g/mol. The molecule has 0 unspecified atom stereocenters. The van der Waals surface area contributed by atoms with E-state index in [1.54, 1.807) is 54.6 Å². The molecule has 1 atom stereocenters. The van der Waals surface area contributed by atoms with Gasteiger partial charge in [-0.2, -0.15) is 0 Å². The van der Waals surface area contributed by atoms with Crippen molar-refractivity contribution in [3.63, 3.8) is 0 Å². The van der Waals surface area contributed by atoms with Gasteiger partial charge in [-0.05, 0) is 23.3 Å². The SMILES string of the molecule is Nc1cccc(CC(=O)N[C@@H](C(=O)O)c2ccccc2)c1. The zero-order valence-electron chi connectivity index (χ0n) is 11.3. The van der Waals surface area contributed by atoms with Crippen LogP contribution in [0.25, 0.3) is 0 Å². The molecule has 0 saturated heterocycles. The van der Waals surface area contributed by atoms with Crippen molar-refractivity contribution >= 4 is 17.6 Å². The van der Waals surface area contributed by atoms with Crippen LogP contribution in [-0.4, -0.2) is 17.0 Å². The highest BCUT2D eigenvalue weighted by Crippen LogP contribution is 2.13. The van der Waals surface area contributed by atoms with Gasteiger partial charge in [0.05, 0.1) is 6.42 Å². The third kappa shape index (κ3) is 4.07. The van der Waals surface area contributed by atoms with Crippen molar-refractivity contribution in [1.82, 2.24) is 5.32 Å². The predicted molar refractivity (Wildman–Crippen MR) is 79.5 cm³/mol. The molecule has 0 spiro atoms. The summed E-state index contributed by atoms with van der Waals surface area (Å²) in [5.74, 6) is -1.46. The molecule has 0 fully saturated rings. The van der Waals surface area contributed by atoms with Gasteiger partial charge in [0, 0.05) is 5.69 Å². The highest BCUT2D eigenvalue weighted by Gasteiger charge is 2.21. The summed E-state index contributed by atoms with van der Waals surface area (Å²) in [7, 11) is 0. The van der Waals surface area contributed by atoms with Gasteiger partial charge in [-0.25, -0.2) is 4.79 Å². The van der Waals surface area contributed by atoms with Crippen LogP contribution in [0.1, 0.15) is 17.2 Å². The Bertz CT molecular complexity index is 641. The van der Waals surface area contributed by atoms with Crippen molar-refractivity contribution in [3.05, 3.63) is 65.7 Å². The molecule has 0 aliphatic carbocycles. The molecule has 0 heterocycles. The second kappa shape index (κ2) is 6.56. The van der Waals surface area contributed by atoms with E-state index < -0.39 is 12.0 Å². The molecule has 21 heavy (non-hydrogen) atoms. The molecule has 5 nitrogen and oxygen atoms in total. The first-order valence-corrected chi connectivity index (χ1v) is 6.48. The molecule has 0 saturated carbocycles. The lowest BCUT2D eigenvalue weighted by atomic mass is 10.1. The summed E-state index contributed by atoms with van der Waals surface area (Å²) in [5.41, 5.74) is 7.49. The van der Waals surface area contributed by atoms with E-state index in [9.17, 15) is 14.7 Å². The fourth-order valence-corrected chi connectivity index (χ4v) is 2.03. The van der Waals surface area contributed by atoms with Crippen molar-refractivity contribution < 1.29 is 14.7 Å². The number of carboxylic acid groups (broad SMARTS) is 1. The number of carbonyl (C=O) groups excluding carboxylic acids is 1. The standard InChI is InChI=1S/C16H16N2O3/c17-13-8-4-5-11(9-13)10-14(19)18-15(16(20)21)12-6-2-1-3-7-12/h1-9,15H,10,17H2,(H,18,19)(H,20,21)/t15-/m1/s1. The normalized spacial score (nSPS) is 11.6. The molecular formula is C16H16N2O3. The van der Waals surface area contributed by atoms with E-state index in [-0.39, 0.29) is 12.3 Å². The van der Waals surface area contributed by atoms with E-state index in [1.807, 2.05) is 0 Å². The van der Waals surface area contributed by atoms with Crippen molar-refractivity contribution in [3.8, 4) is 0 Å².